The zero-order valence-corrected chi connectivity index (χ0v) is 9.04. The van der Waals surface area contributed by atoms with Crippen molar-refractivity contribution in [1.82, 2.24) is 10.3 Å². The average molecular weight is 225 g/mol. The van der Waals surface area contributed by atoms with E-state index in [0.717, 1.165) is 18.8 Å². The van der Waals surface area contributed by atoms with Crippen molar-refractivity contribution >= 4 is 12.4 Å². The molecular weight excluding hydrogens is 212 g/mol. The molecule has 0 aromatic carbocycles. The van der Waals surface area contributed by atoms with Crippen molar-refractivity contribution in [2.75, 3.05) is 0 Å². The zero-order valence-electron chi connectivity index (χ0n) is 8.22. The second-order valence-electron chi connectivity index (χ2n) is 3.04. The van der Waals surface area contributed by atoms with E-state index in [1.807, 2.05) is 24.3 Å². The summed E-state index contributed by atoms with van der Waals surface area (Å²) in [5, 5.41) is 3.28. The fourth-order valence-electron chi connectivity index (χ4n) is 1.24. The highest BCUT2D eigenvalue weighted by molar-refractivity contribution is 5.85. The van der Waals surface area contributed by atoms with Crippen LogP contribution in [-0.4, -0.2) is 4.98 Å². The van der Waals surface area contributed by atoms with Gasteiger partial charge in [-0.25, -0.2) is 0 Å². The van der Waals surface area contributed by atoms with Crippen molar-refractivity contribution in [3.63, 3.8) is 0 Å². The molecule has 0 aliphatic heterocycles. The lowest BCUT2D eigenvalue weighted by Crippen LogP contribution is -2.11. The molecule has 15 heavy (non-hydrogen) atoms. The van der Waals surface area contributed by atoms with Gasteiger partial charge in [0.05, 0.1) is 12.8 Å². The van der Waals surface area contributed by atoms with Gasteiger partial charge in [0.25, 0.3) is 0 Å². The van der Waals surface area contributed by atoms with Crippen molar-refractivity contribution in [2.24, 2.45) is 0 Å². The minimum Gasteiger partial charge on any atom is -0.468 e. The van der Waals surface area contributed by atoms with E-state index in [-0.39, 0.29) is 12.4 Å². The largest absolute Gasteiger partial charge is 0.468 e. The van der Waals surface area contributed by atoms with Crippen molar-refractivity contribution in [3.05, 3.63) is 54.2 Å². The van der Waals surface area contributed by atoms with Gasteiger partial charge >= 0.3 is 0 Å². The van der Waals surface area contributed by atoms with E-state index in [2.05, 4.69) is 10.3 Å². The molecule has 0 fully saturated rings. The minimum atomic E-state index is 0. The third-order valence-corrected chi connectivity index (χ3v) is 1.96. The Labute approximate surface area is 94.9 Å². The summed E-state index contributed by atoms with van der Waals surface area (Å²) in [6, 6.07) is 7.84. The summed E-state index contributed by atoms with van der Waals surface area (Å²) in [6.45, 7) is 1.60. The van der Waals surface area contributed by atoms with Gasteiger partial charge in [0.1, 0.15) is 5.76 Å². The normalized spacial score (nSPS) is 9.60. The molecule has 0 amide bonds. The molecule has 2 heterocycles. The molecular formula is C11H13ClN2O. The Balaban J connectivity index is 0.00000112. The van der Waals surface area contributed by atoms with Gasteiger partial charge in [-0.2, -0.15) is 0 Å². The van der Waals surface area contributed by atoms with Gasteiger partial charge in [-0.15, -0.1) is 12.4 Å². The first kappa shape index (κ1) is 11.8. The SMILES string of the molecule is Cl.c1coc(CNCc2ccncc2)c1. The number of nitrogens with zero attached hydrogens (tertiary/aromatic N) is 1. The topological polar surface area (TPSA) is 38.1 Å². The van der Waals surface area contributed by atoms with Crippen LogP contribution in [0, 0.1) is 0 Å². The van der Waals surface area contributed by atoms with Crippen molar-refractivity contribution < 1.29 is 4.42 Å². The molecule has 0 aliphatic carbocycles. The van der Waals surface area contributed by atoms with E-state index < -0.39 is 0 Å². The second-order valence-corrected chi connectivity index (χ2v) is 3.04. The van der Waals surface area contributed by atoms with Crippen molar-refractivity contribution in [1.29, 1.82) is 0 Å². The first-order valence-electron chi connectivity index (χ1n) is 4.57. The van der Waals surface area contributed by atoms with Gasteiger partial charge in [0, 0.05) is 18.9 Å². The van der Waals surface area contributed by atoms with Gasteiger partial charge in [-0.3, -0.25) is 4.98 Å². The molecule has 1 N–H and O–H groups in total. The van der Waals surface area contributed by atoms with Crippen LogP contribution in [0.25, 0.3) is 0 Å². The van der Waals surface area contributed by atoms with E-state index in [1.165, 1.54) is 5.56 Å². The lowest BCUT2D eigenvalue weighted by atomic mass is 10.3. The van der Waals surface area contributed by atoms with Crippen LogP contribution in [-0.2, 0) is 13.1 Å². The number of rotatable bonds is 4. The number of furan rings is 1. The van der Waals surface area contributed by atoms with Crippen LogP contribution in [0.15, 0.2) is 47.3 Å². The quantitative estimate of drug-likeness (QED) is 0.867. The molecule has 3 nitrogen and oxygen atoms in total. The summed E-state index contributed by atoms with van der Waals surface area (Å²) < 4.78 is 5.20. The van der Waals surface area contributed by atoms with Crippen LogP contribution in [0.1, 0.15) is 11.3 Å². The highest BCUT2D eigenvalue weighted by Crippen LogP contribution is 2.00. The predicted octanol–water partition coefficient (Wildman–Crippen LogP) is 2.39. The average Bonchev–Trinajstić information content (AvgIpc) is 2.72. The second kappa shape index (κ2) is 6.22. The van der Waals surface area contributed by atoms with Gasteiger partial charge in [0.2, 0.25) is 0 Å². The molecule has 4 heteroatoms. The fraction of sp³-hybridized carbons (Fsp3) is 0.182. The Hall–Kier alpha value is -1.32. The van der Waals surface area contributed by atoms with Crippen LogP contribution in [0.2, 0.25) is 0 Å². The maximum absolute atomic E-state index is 5.20. The lowest BCUT2D eigenvalue weighted by Gasteiger charge is -2.01. The molecule has 0 spiro atoms. The van der Waals surface area contributed by atoms with E-state index in [9.17, 15) is 0 Å². The molecule has 0 saturated carbocycles. The van der Waals surface area contributed by atoms with Crippen LogP contribution in [0.4, 0.5) is 0 Å². The maximum atomic E-state index is 5.20. The third-order valence-electron chi connectivity index (χ3n) is 1.96. The third kappa shape index (κ3) is 3.73. The Morgan fingerprint density at radius 2 is 1.93 bits per heavy atom. The smallest absolute Gasteiger partial charge is 0.117 e. The number of aromatic nitrogens is 1. The summed E-state index contributed by atoms with van der Waals surface area (Å²) in [5.74, 6) is 0.957. The zero-order chi connectivity index (χ0) is 9.64. The Bertz CT molecular complexity index is 361. The van der Waals surface area contributed by atoms with Gasteiger partial charge in [-0.1, -0.05) is 0 Å². The highest BCUT2D eigenvalue weighted by Gasteiger charge is 1.94. The first-order valence-corrected chi connectivity index (χ1v) is 4.57. The number of hydrogen-bond donors (Lipinski definition) is 1. The molecule has 80 valence electrons. The van der Waals surface area contributed by atoms with Crippen molar-refractivity contribution in [3.8, 4) is 0 Å². The molecule has 2 aromatic rings. The van der Waals surface area contributed by atoms with E-state index in [1.54, 1.807) is 18.7 Å². The maximum Gasteiger partial charge on any atom is 0.117 e. The van der Waals surface area contributed by atoms with Gasteiger partial charge in [0.15, 0.2) is 0 Å². The molecule has 0 saturated heterocycles. The summed E-state index contributed by atoms with van der Waals surface area (Å²) in [6.07, 6.45) is 5.28. The standard InChI is InChI=1S/C11H12N2O.ClH/c1-2-11(14-7-1)9-13-8-10-3-5-12-6-4-10;/h1-7,13H,8-9H2;1H. The van der Waals surface area contributed by atoms with E-state index in [0.29, 0.717) is 0 Å². The van der Waals surface area contributed by atoms with Crippen molar-refractivity contribution in [2.45, 2.75) is 13.1 Å². The first-order chi connectivity index (χ1) is 6.95. The van der Waals surface area contributed by atoms with Crippen LogP contribution >= 0.6 is 12.4 Å². The number of nitrogens with one attached hydrogen (secondary N) is 1. The van der Waals surface area contributed by atoms with Crippen LogP contribution in [0.3, 0.4) is 0 Å². The summed E-state index contributed by atoms with van der Waals surface area (Å²) >= 11 is 0. The molecule has 2 aromatic heterocycles. The van der Waals surface area contributed by atoms with Gasteiger partial charge in [-0.05, 0) is 29.8 Å². The molecule has 0 unspecified atom stereocenters. The fourth-order valence-corrected chi connectivity index (χ4v) is 1.24. The lowest BCUT2D eigenvalue weighted by molar-refractivity contribution is 0.483. The summed E-state index contributed by atoms with van der Waals surface area (Å²) in [7, 11) is 0. The minimum absolute atomic E-state index is 0. The Kier molecular flexibility index (Phi) is 4.87. The molecule has 0 bridgehead atoms. The Morgan fingerprint density at radius 1 is 1.13 bits per heavy atom. The molecule has 0 aliphatic rings. The molecule has 0 atom stereocenters. The summed E-state index contributed by atoms with van der Waals surface area (Å²) in [5.41, 5.74) is 1.23. The van der Waals surface area contributed by atoms with Gasteiger partial charge < -0.3 is 9.73 Å². The molecule has 0 radical (unpaired) electrons. The number of halogens is 1. The van der Waals surface area contributed by atoms with E-state index in [4.69, 9.17) is 4.42 Å². The monoisotopic (exact) mass is 224 g/mol. The predicted molar refractivity (Wildman–Crippen MR) is 60.7 cm³/mol. The van der Waals surface area contributed by atoms with E-state index >= 15 is 0 Å². The summed E-state index contributed by atoms with van der Waals surface area (Å²) in [4.78, 5) is 3.96. The van der Waals surface area contributed by atoms with Crippen LogP contribution < -0.4 is 5.32 Å². The molecule has 2 rings (SSSR count). The number of pyridine rings is 1. The van der Waals surface area contributed by atoms with Crippen LogP contribution in [0.5, 0.6) is 0 Å². The highest BCUT2D eigenvalue weighted by atomic mass is 35.5. The Morgan fingerprint density at radius 3 is 2.60 bits per heavy atom. The number of hydrogen-bond acceptors (Lipinski definition) is 3.